The number of fused-ring (bicyclic) bond motifs is 1. The fourth-order valence-corrected chi connectivity index (χ4v) is 2.90. The van der Waals surface area contributed by atoms with Crippen molar-refractivity contribution in [3.8, 4) is 23.1 Å². The minimum absolute atomic E-state index is 0.0751. The first-order chi connectivity index (χ1) is 15.0. The van der Waals surface area contributed by atoms with Gasteiger partial charge in [-0.3, -0.25) is 4.98 Å². The summed E-state index contributed by atoms with van der Waals surface area (Å²) in [6.45, 7) is 0. The Kier molecular flexibility index (Phi) is 5.00. The molecule has 0 saturated carbocycles. The van der Waals surface area contributed by atoms with Crippen LogP contribution in [0.25, 0.3) is 16.9 Å². The van der Waals surface area contributed by atoms with Gasteiger partial charge in [-0.25, -0.2) is 9.50 Å². The van der Waals surface area contributed by atoms with Crippen molar-refractivity contribution in [3.05, 3.63) is 77.4 Å². The number of nitrogen functional groups attached to an aromatic ring is 1. The second-order valence-electron chi connectivity index (χ2n) is 6.65. The van der Waals surface area contributed by atoms with Gasteiger partial charge in [-0.2, -0.15) is 31.4 Å². The Morgan fingerprint density at radius 2 is 1.56 bits per heavy atom. The third-order valence-corrected chi connectivity index (χ3v) is 4.37. The molecule has 3 aromatic heterocycles. The van der Waals surface area contributed by atoms with E-state index in [1.165, 1.54) is 18.5 Å². The molecule has 0 atom stereocenters. The lowest BCUT2D eigenvalue weighted by molar-refractivity contribution is -0.142. The maximum absolute atomic E-state index is 13.6. The van der Waals surface area contributed by atoms with Crippen molar-refractivity contribution in [2.24, 2.45) is 0 Å². The predicted octanol–water partition coefficient (Wildman–Crippen LogP) is 4.81. The average Bonchev–Trinajstić information content (AvgIpc) is 3.13. The SMILES string of the molecule is Nc1cncc(C#Cc2cnn3c(C(F)(F)F)cc(-c4ccc(C(F)(F)F)cc4)nc23)c1. The molecule has 0 amide bonds. The molecule has 32 heavy (non-hydrogen) atoms. The third kappa shape index (κ3) is 4.20. The summed E-state index contributed by atoms with van der Waals surface area (Å²) in [5, 5.41) is 3.74. The zero-order chi connectivity index (χ0) is 23.1. The maximum atomic E-state index is 13.6. The minimum atomic E-state index is -4.80. The smallest absolute Gasteiger partial charge is 0.397 e. The first kappa shape index (κ1) is 21.2. The van der Waals surface area contributed by atoms with E-state index in [9.17, 15) is 26.3 Å². The summed E-state index contributed by atoms with van der Waals surface area (Å²) >= 11 is 0. The summed E-state index contributed by atoms with van der Waals surface area (Å²) in [6, 6.07) is 5.93. The summed E-state index contributed by atoms with van der Waals surface area (Å²) in [5.74, 6) is 5.42. The van der Waals surface area contributed by atoms with Crippen LogP contribution in [0.5, 0.6) is 0 Å². The summed E-state index contributed by atoms with van der Waals surface area (Å²) in [5.41, 5.74) is 4.15. The van der Waals surface area contributed by atoms with Crippen LogP contribution < -0.4 is 5.73 Å². The molecule has 4 aromatic rings. The molecule has 0 spiro atoms. The molecule has 0 unspecified atom stereocenters. The van der Waals surface area contributed by atoms with Crippen molar-refractivity contribution in [2.45, 2.75) is 12.4 Å². The van der Waals surface area contributed by atoms with Gasteiger partial charge in [-0.05, 0) is 24.3 Å². The molecule has 5 nitrogen and oxygen atoms in total. The molecule has 0 radical (unpaired) electrons. The van der Waals surface area contributed by atoms with E-state index >= 15 is 0 Å². The maximum Gasteiger partial charge on any atom is 0.433 e. The Labute approximate surface area is 176 Å². The van der Waals surface area contributed by atoms with E-state index in [1.807, 2.05) is 0 Å². The van der Waals surface area contributed by atoms with Crippen LogP contribution in [-0.4, -0.2) is 19.6 Å². The Morgan fingerprint density at radius 3 is 2.19 bits per heavy atom. The van der Waals surface area contributed by atoms with Gasteiger partial charge in [0.1, 0.15) is 0 Å². The number of nitrogens with zero attached hydrogens (tertiary/aromatic N) is 4. The molecule has 0 aliphatic carbocycles. The molecular weight excluding hydrogens is 436 g/mol. The van der Waals surface area contributed by atoms with Crippen LogP contribution in [0.15, 0.2) is 55.0 Å². The highest BCUT2D eigenvalue weighted by molar-refractivity contribution is 5.67. The molecule has 162 valence electrons. The number of hydrogen-bond donors (Lipinski definition) is 1. The van der Waals surface area contributed by atoms with E-state index in [0.717, 1.165) is 36.5 Å². The minimum Gasteiger partial charge on any atom is -0.397 e. The van der Waals surface area contributed by atoms with Gasteiger partial charge in [0.05, 0.1) is 28.7 Å². The second kappa shape index (κ2) is 7.56. The van der Waals surface area contributed by atoms with Crippen molar-refractivity contribution in [1.82, 2.24) is 19.6 Å². The molecule has 1 aromatic carbocycles. The highest BCUT2D eigenvalue weighted by atomic mass is 19.4. The highest BCUT2D eigenvalue weighted by Gasteiger charge is 2.36. The van der Waals surface area contributed by atoms with Crippen LogP contribution in [-0.2, 0) is 12.4 Å². The van der Waals surface area contributed by atoms with Gasteiger partial charge in [0, 0.05) is 23.5 Å². The van der Waals surface area contributed by atoms with E-state index in [-0.39, 0.29) is 22.5 Å². The van der Waals surface area contributed by atoms with Crippen LogP contribution in [0.4, 0.5) is 32.0 Å². The number of anilines is 1. The van der Waals surface area contributed by atoms with Gasteiger partial charge < -0.3 is 5.73 Å². The lowest BCUT2D eigenvalue weighted by atomic mass is 10.1. The molecule has 0 aliphatic rings. The van der Waals surface area contributed by atoms with Crippen molar-refractivity contribution in [3.63, 3.8) is 0 Å². The lowest BCUT2D eigenvalue weighted by Gasteiger charge is -2.12. The molecule has 0 fully saturated rings. The Morgan fingerprint density at radius 1 is 0.844 bits per heavy atom. The van der Waals surface area contributed by atoms with Gasteiger partial charge in [0.25, 0.3) is 0 Å². The van der Waals surface area contributed by atoms with E-state index in [4.69, 9.17) is 5.73 Å². The number of halogens is 6. The highest BCUT2D eigenvalue weighted by Crippen LogP contribution is 2.34. The summed E-state index contributed by atoms with van der Waals surface area (Å²) in [4.78, 5) is 8.06. The molecule has 0 saturated heterocycles. The van der Waals surface area contributed by atoms with Crippen molar-refractivity contribution >= 4 is 11.3 Å². The Bertz CT molecular complexity index is 1360. The molecule has 11 heteroatoms. The lowest BCUT2D eigenvalue weighted by Crippen LogP contribution is -2.13. The normalized spacial score (nSPS) is 11.9. The van der Waals surface area contributed by atoms with Crippen molar-refractivity contribution in [2.75, 3.05) is 5.73 Å². The predicted molar refractivity (Wildman–Crippen MR) is 103 cm³/mol. The largest absolute Gasteiger partial charge is 0.433 e. The molecule has 0 bridgehead atoms. The van der Waals surface area contributed by atoms with E-state index < -0.39 is 23.6 Å². The van der Waals surface area contributed by atoms with E-state index in [1.54, 1.807) is 0 Å². The summed E-state index contributed by atoms with van der Waals surface area (Å²) in [6.07, 6.45) is -5.40. The van der Waals surface area contributed by atoms with E-state index in [2.05, 4.69) is 26.9 Å². The number of benzene rings is 1. The van der Waals surface area contributed by atoms with Crippen LogP contribution in [0.2, 0.25) is 0 Å². The molecule has 3 heterocycles. The first-order valence-corrected chi connectivity index (χ1v) is 8.88. The monoisotopic (exact) mass is 447 g/mol. The van der Waals surface area contributed by atoms with Crippen molar-refractivity contribution < 1.29 is 26.3 Å². The van der Waals surface area contributed by atoms with Crippen molar-refractivity contribution in [1.29, 1.82) is 0 Å². The number of hydrogen-bond acceptors (Lipinski definition) is 4. The number of rotatable bonds is 1. The van der Waals surface area contributed by atoms with E-state index in [0.29, 0.717) is 15.8 Å². The number of aromatic nitrogens is 4. The zero-order valence-corrected chi connectivity index (χ0v) is 15.8. The number of nitrogens with two attached hydrogens (primary N) is 1. The Balaban J connectivity index is 1.86. The molecule has 4 rings (SSSR count). The topological polar surface area (TPSA) is 69.1 Å². The summed E-state index contributed by atoms with van der Waals surface area (Å²) < 4.78 is 79.9. The Hall–Kier alpha value is -4.07. The molecule has 0 aliphatic heterocycles. The molecule has 2 N–H and O–H groups in total. The van der Waals surface area contributed by atoms with Gasteiger partial charge in [0.15, 0.2) is 11.3 Å². The van der Waals surface area contributed by atoms with Crippen LogP contribution in [0, 0.1) is 11.8 Å². The van der Waals surface area contributed by atoms with Gasteiger partial charge in [-0.1, -0.05) is 24.0 Å². The first-order valence-electron chi connectivity index (χ1n) is 8.88. The quantitative estimate of drug-likeness (QED) is 0.336. The standard InChI is InChI=1S/C21H11F6N5/c22-20(23,24)15-5-3-13(4-6-15)17-8-18(21(25,26)27)32-19(31-17)14(10-30-32)2-1-12-7-16(28)11-29-9-12/h3-11H,28H2. The zero-order valence-electron chi connectivity index (χ0n) is 15.8. The van der Waals surface area contributed by atoms with Gasteiger partial charge in [-0.15, -0.1) is 0 Å². The van der Waals surface area contributed by atoms with Gasteiger partial charge in [0.2, 0.25) is 0 Å². The van der Waals surface area contributed by atoms with Gasteiger partial charge >= 0.3 is 12.4 Å². The second-order valence-corrected chi connectivity index (χ2v) is 6.65. The third-order valence-electron chi connectivity index (χ3n) is 4.37. The van der Waals surface area contributed by atoms with Crippen LogP contribution in [0.3, 0.4) is 0 Å². The fraction of sp³-hybridized carbons (Fsp3) is 0.0952. The van der Waals surface area contributed by atoms with Crippen LogP contribution in [0.1, 0.15) is 22.4 Å². The van der Waals surface area contributed by atoms with Crippen LogP contribution >= 0.6 is 0 Å². The fourth-order valence-electron chi connectivity index (χ4n) is 2.90. The number of alkyl halides is 6. The number of pyridine rings is 1. The summed E-state index contributed by atoms with van der Waals surface area (Å²) in [7, 11) is 0. The average molecular weight is 447 g/mol. The molecular formula is C21H11F6N5.